The van der Waals surface area contributed by atoms with Gasteiger partial charge in [-0.25, -0.2) is 0 Å². The molecule has 1 aliphatic heterocycles. The second-order valence-electron chi connectivity index (χ2n) is 6.90. The molecule has 1 atom stereocenters. The molecule has 0 aromatic carbocycles. The molecule has 0 saturated carbocycles. The minimum atomic E-state index is 0.219. The van der Waals surface area contributed by atoms with Gasteiger partial charge in [0.15, 0.2) is 0 Å². The van der Waals surface area contributed by atoms with Gasteiger partial charge in [-0.05, 0) is 40.4 Å². The summed E-state index contributed by atoms with van der Waals surface area (Å²) in [5.74, 6) is 0.909. The molecule has 0 aliphatic carbocycles. The topological polar surface area (TPSA) is 59.3 Å². The lowest BCUT2D eigenvalue weighted by Gasteiger charge is -2.17. The minimum Gasteiger partial charge on any atom is -0.489 e. The van der Waals surface area contributed by atoms with Crippen molar-refractivity contribution < 1.29 is 4.74 Å². The third-order valence-corrected chi connectivity index (χ3v) is 4.37. The van der Waals surface area contributed by atoms with Gasteiger partial charge < -0.3 is 9.64 Å². The van der Waals surface area contributed by atoms with E-state index in [1.807, 2.05) is 39.3 Å². The van der Waals surface area contributed by atoms with Crippen LogP contribution in [-0.2, 0) is 19.6 Å². The zero-order chi connectivity index (χ0) is 17.8. The first-order valence-electron chi connectivity index (χ1n) is 8.92. The average molecular weight is 344 g/mol. The van der Waals surface area contributed by atoms with Gasteiger partial charge >= 0.3 is 0 Å². The van der Waals surface area contributed by atoms with E-state index in [0.717, 1.165) is 62.0 Å². The minimum absolute atomic E-state index is 0.219. The van der Waals surface area contributed by atoms with Crippen molar-refractivity contribution in [3.63, 3.8) is 0 Å². The number of aromatic nitrogens is 4. The Bertz CT molecular complexity index is 699. The Morgan fingerprint density at radius 2 is 2.16 bits per heavy atom. The molecule has 3 rings (SSSR count). The van der Waals surface area contributed by atoms with Crippen LogP contribution >= 0.6 is 0 Å². The predicted octanol–water partition coefficient (Wildman–Crippen LogP) is 1.72. The zero-order valence-corrected chi connectivity index (χ0v) is 15.6. The van der Waals surface area contributed by atoms with Crippen molar-refractivity contribution in [2.75, 3.05) is 27.2 Å². The molecule has 2 aromatic rings. The van der Waals surface area contributed by atoms with Gasteiger partial charge in [0.05, 0.1) is 23.6 Å². The normalized spacial score (nSPS) is 18.2. The third-order valence-electron chi connectivity index (χ3n) is 4.37. The summed E-state index contributed by atoms with van der Waals surface area (Å²) in [5.41, 5.74) is 3.12. The van der Waals surface area contributed by atoms with Crippen LogP contribution in [0.4, 0.5) is 0 Å². The fraction of sp³-hybridized carbons (Fsp3) is 0.611. The summed E-state index contributed by atoms with van der Waals surface area (Å²) >= 11 is 0. The lowest BCUT2D eigenvalue weighted by atomic mass is 10.3. The van der Waals surface area contributed by atoms with Crippen molar-refractivity contribution in [1.29, 1.82) is 0 Å². The van der Waals surface area contributed by atoms with E-state index in [-0.39, 0.29) is 6.10 Å². The van der Waals surface area contributed by atoms with Crippen LogP contribution in [0.1, 0.15) is 30.4 Å². The average Bonchev–Trinajstić information content (AvgIpc) is 3.14. The first kappa shape index (κ1) is 17.8. The SMILES string of the molecule is CCn1nc(C)c(CN2CCC(Oc3ccnc(CN(C)C)c3)C2)n1. The number of likely N-dealkylation sites (tertiary alicyclic amines) is 1. The molecular formula is C18H28N6O. The Balaban J connectivity index is 1.55. The number of hydrogen-bond acceptors (Lipinski definition) is 6. The summed E-state index contributed by atoms with van der Waals surface area (Å²) in [6.07, 6.45) is 3.08. The number of hydrogen-bond donors (Lipinski definition) is 0. The van der Waals surface area contributed by atoms with Crippen LogP contribution in [-0.4, -0.2) is 63.1 Å². The molecular weight excluding hydrogens is 316 g/mol. The number of ether oxygens (including phenoxy) is 1. The standard InChI is InChI=1S/C18H28N6O/c1-5-24-20-14(2)18(21-24)13-23-9-7-17(12-23)25-16-6-8-19-15(10-16)11-22(3)4/h6,8,10,17H,5,7,9,11-13H2,1-4H3. The van der Waals surface area contributed by atoms with Crippen LogP contribution in [0.25, 0.3) is 0 Å². The van der Waals surface area contributed by atoms with E-state index in [0.29, 0.717) is 0 Å². The molecule has 0 amide bonds. The second kappa shape index (κ2) is 7.93. The Morgan fingerprint density at radius 3 is 2.88 bits per heavy atom. The van der Waals surface area contributed by atoms with E-state index < -0.39 is 0 Å². The smallest absolute Gasteiger partial charge is 0.123 e. The maximum Gasteiger partial charge on any atom is 0.123 e. The molecule has 1 unspecified atom stereocenters. The molecule has 136 valence electrons. The summed E-state index contributed by atoms with van der Waals surface area (Å²) in [7, 11) is 4.08. The van der Waals surface area contributed by atoms with Gasteiger partial charge in [0.2, 0.25) is 0 Å². The molecule has 0 bridgehead atoms. The van der Waals surface area contributed by atoms with E-state index in [2.05, 4.69) is 31.9 Å². The molecule has 0 N–H and O–H groups in total. The number of rotatable bonds is 7. The van der Waals surface area contributed by atoms with E-state index in [1.54, 1.807) is 4.80 Å². The van der Waals surface area contributed by atoms with Crippen molar-refractivity contribution in [3.05, 3.63) is 35.4 Å². The number of aryl methyl sites for hydroxylation is 2. The molecule has 7 nitrogen and oxygen atoms in total. The van der Waals surface area contributed by atoms with Gasteiger partial charge in [-0.1, -0.05) is 0 Å². The highest BCUT2D eigenvalue weighted by molar-refractivity contribution is 5.23. The summed E-state index contributed by atoms with van der Waals surface area (Å²) in [5, 5.41) is 8.98. The fourth-order valence-corrected chi connectivity index (χ4v) is 3.13. The monoisotopic (exact) mass is 344 g/mol. The fourth-order valence-electron chi connectivity index (χ4n) is 3.13. The molecule has 0 radical (unpaired) electrons. The Labute approximate surface area is 149 Å². The molecule has 1 saturated heterocycles. The van der Waals surface area contributed by atoms with Crippen molar-refractivity contribution in [2.45, 2.75) is 46.0 Å². The second-order valence-corrected chi connectivity index (χ2v) is 6.90. The third kappa shape index (κ3) is 4.76. The molecule has 3 heterocycles. The van der Waals surface area contributed by atoms with Gasteiger partial charge in [-0.2, -0.15) is 15.0 Å². The van der Waals surface area contributed by atoms with Gasteiger partial charge in [-0.15, -0.1) is 0 Å². The van der Waals surface area contributed by atoms with Crippen LogP contribution < -0.4 is 4.74 Å². The van der Waals surface area contributed by atoms with Crippen molar-refractivity contribution in [3.8, 4) is 5.75 Å². The van der Waals surface area contributed by atoms with Crippen molar-refractivity contribution in [2.24, 2.45) is 0 Å². The zero-order valence-electron chi connectivity index (χ0n) is 15.6. The molecule has 1 aliphatic rings. The lowest BCUT2D eigenvalue weighted by Crippen LogP contribution is -2.25. The Morgan fingerprint density at radius 1 is 1.32 bits per heavy atom. The highest BCUT2D eigenvalue weighted by Gasteiger charge is 2.25. The van der Waals surface area contributed by atoms with Crippen LogP contribution in [0.15, 0.2) is 18.3 Å². The molecule has 7 heteroatoms. The number of pyridine rings is 1. The van der Waals surface area contributed by atoms with Crippen LogP contribution in [0.5, 0.6) is 5.75 Å². The summed E-state index contributed by atoms with van der Waals surface area (Å²) in [4.78, 5) is 10.7. The Kier molecular flexibility index (Phi) is 5.65. The summed E-state index contributed by atoms with van der Waals surface area (Å²) in [6.45, 7) is 8.50. The maximum absolute atomic E-state index is 6.18. The van der Waals surface area contributed by atoms with Crippen LogP contribution in [0, 0.1) is 6.92 Å². The highest BCUT2D eigenvalue weighted by atomic mass is 16.5. The molecule has 25 heavy (non-hydrogen) atoms. The number of nitrogens with zero attached hydrogens (tertiary/aromatic N) is 6. The highest BCUT2D eigenvalue weighted by Crippen LogP contribution is 2.20. The van der Waals surface area contributed by atoms with Gasteiger partial charge in [0.1, 0.15) is 11.9 Å². The first-order valence-corrected chi connectivity index (χ1v) is 8.92. The summed E-state index contributed by atoms with van der Waals surface area (Å²) in [6, 6.07) is 3.98. The largest absolute Gasteiger partial charge is 0.489 e. The van der Waals surface area contributed by atoms with E-state index in [4.69, 9.17) is 4.74 Å². The van der Waals surface area contributed by atoms with E-state index in [9.17, 15) is 0 Å². The van der Waals surface area contributed by atoms with E-state index >= 15 is 0 Å². The van der Waals surface area contributed by atoms with Crippen molar-refractivity contribution in [1.82, 2.24) is 29.8 Å². The van der Waals surface area contributed by atoms with Crippen LogP contribution in [0.2, 0.25) is 0 Å². The molecule has 2 aromatic heterocycles. The molecule has 1 fully saturated rings. The van der Waals surface area contributed by atoms with Crippen molar-refractivity contribution >= 4 is 0 Å². The Hall–Kier alpha value is -1.99. The predicted molar refractivity (Wildman–Crippen MR) is 96.4 cm³/mol. The quantitative estimate of drug-likeness (QED) is 0.762. The maximum atomic E-state index is 6.18. The molecule has 0 spiro atoms. The van der Waals surface area contributed by atoms with Crippen LogP contribution in [0.3, 0.4) is 0 Å². The van der Waals surface area contributed by atoms with Gasteiger partial charge in [-0.3, -0.25) is 9.88 Å². The van der Waals surface area contributed by atoms with E-state index in [1.165, 1.54) is 0 Å². The van der Waals surface area contributed by atoms with Gasteiger partial charge in [0, 0.05) is 38.4 Å². The first-order chi connectivity index (χ1) is 12.0. The van der Waals surface area contributed by atoms with Gasteiger partial charge in [0.25, 0.3) is 0 Å². The lowest BCUT2D eigenvalue weighted by molar-refractivity contribution is 0.197. The summed E-state index contributed by atoms with van der Waals surface area (Å²) < 4.78 is 6.18.